The Morgan fingerprint density at radius 1 is 1.56 bits per heavy atom. The highest BCUT2D eigenvalue weighted by molar-refractivity contribution is 5.75. The zero-order chi connectivity index (χ0) is 11.4. The van der Waals surface area contributed by atoms with E-state index in [2.05, 4.69) is 15.4 Å². The van der Waals surface area contributed by atoms with Crippen molar-refractivity contribution in [2.45, 2.75) is 31.9 Å². The molecule has 0 aromatic carbocycles. The summed E-state index contributed by atoms with van der Waals surface area (Å²) < 4.78 is 1.48. The Labute approximate surface area is 93.7 Å². The van der Waals surface area contributed by atoms with Crippen LogP contribution in [0.1, 0.15) is 19.3 Å². The van der Waals surface area contributed by atoms with E-state index >= 15 is 0 Å². The molecule has 1 aliphatic rings. The molecule has 6 nitrogen and oxygen atoms in total. The van der Waals surface area contributed by atoms with Crippen LogP contribution in [0.15, 0.2) is 12.7 Å². The van der Waals surface area contributed by atoms with Crippen LogP contribution >= 0.6 is 0 Å². The van der Waals surface area contributed by atoms with E-state index in [0.29, 0.717) is 12.5 Å². The van der Waals surface area contributed by atoms with Crippen LogP contribution in [0.25, 0.3) is 0 Å². The summed E-state index contributed by atoms with van der Waals surface area (Å²) in [4.78, 5) is 15.2. The molecule has 2 atom stereocenters. The molecule has 2 unspecified atom stereocenters. The summed E-state index contributed by atoms with van der Waals surface area (Å²) in [6, 6.07) is 0. The number of carbonyl (C=O) groups excluding carboxylic acids is 1. The Hall–Kier alpha value is -1.43. The molecular formula is C10H16N4O2. The lowest BCUT2D eigenvalue weighted by Crippen LogP contribution is -2.31. The third-order valence-electron chi connectivity index (χ3n) is 2.87. The highest BCUT2D eigenvalue weighted by Crippen LogP contribution is 2.24. The summed E-state index contributed by atoms with van der Waals surface area (Å²) in [6.45, 7) is 0.847. The highest BCUT2D eigenvalue weighted by atomic mass is 16.3. The van der Waals surface area contributed by atoms with Crippen LogP contribution in [0.5, 0.6) is 0 Å². The van der Waals surface area contributed by atoms with Crippen molar-refractivity contribution in [3.05, 3.63) is 12.7 Å². The average Bonchev–Trinajstić information content (AvgIpc) is 2.87. The number of hydrogen-bond acceptors (Lipinski definition) is 4. The number of carbonyl (C=O) groups is 1. The summed E-state index contributed by atoms with van der Waals surface area (Å²) in [5.74, 6) is 0.349. The van der Waals surface area contributed by atoms with E-state index in [0.717, 1.165) is 19.3 Å². The minimum atomic E-state index is -0.183. The quantitative estimate of drug-likeness (QED) is 0.726. The molecule has 2 rings (SSSR count). The standard InChI is InChI=1S/C10H16N4O2/c15-9-2-1-8(3-9)4-12-10(16)5-14-7-11-6-13-14/h6-9,15H,1-5H2,(H,12,16). The molecule has 0 aliphatic heterocycles. The molecule has 1 aliphatic carbocycles. The first-order chi connectivity index (χ1) is 7.74. The number of amides is 1. The predicted octanol–water partition coefficient (Wildman–Crippen LogP) is -0.445. The van der Waals surface area contributed by atoms with Crippen molar-refractivity contribution < 1.29 is 9.90 Å². The highest BCUT2D eigenvalue weighted by Gasteiger charge is 2.22. The third kappa shape index (κ3) is 3.03. The maximum absolute atomic E-state index is 11.5. The van der Waals surface area contributed by atoms with Crippen LogP contribution in [0.4, 0.5) is 0 Å². The molecule has 1 fully saturated rings. The monoisotopic (exact) mass is 224 g/mol. The van der Waals surface area contributed by atoms with Crippen LogP contribution < -0.4 is 5.32 Å². The lowest BCUT2D eigenvalue weighted by molar-refractivity contribution is -0.122. The second kappa shape index (κ2) is 5.07. The maximum atomic E-state index is 11.5. The van der Waals surface area contributed by atoms with Crippen molar-refractivity contribution in [1.29, 1.82) is 0 Å². The van der Waals surface area contributed by atoms with Crippen LogP contribution in [0.2, 0.25) is 0 Å². The minimum absolute atomic E-state index is 0.0631. The van der Waals surface area contributed by atoms with Gasteiger partial charge in [-0.3, -0.25) is 4.79 Å². The van der Waals surface area contributed by atoms with Gasteiger partial charge < -0.3 is 10.4 Å². The van der Waals surface area contributed by atoms with Crippen LogP contribution in [0, 0.1) is 5.92 Å². The van der Waals surface area contributed by atoms with Gasteiger partial charge in [0, 0.05) is 6.54 Å². The molecule has 1 aromatic heterocycles. The Morgan fingerprint density at radius 2 is 2.44 bits per heavy atom. The Kier molecular flexibility index (Phi) is 3.51. The number of hydrogen-bond donors (Lipinski definition) is 2. The van der Waals surface area contributed by atoms with Gasteiger partial charge in [-0.1, -0.05) is 0 Å². The van der Waals surface area contributed by atoms with Crippen molar-refractivity contribution in [3.8, 4) is 0 Å². The van der Waals surface area contributed by atoms with Gasteiger partial charge in [0.2, 0.25) is 5.91 Å². The topological polar surface area (TPSA) is 80.0 Å². The molecule has 0 bridgehead atoms. The van der Waals surface area contributed by atoms with Gasteiger partial charge in [0.1, 0.15) is 19.2 Å². The summed E-state index contributed by atoms with van der Waals surface area (Å²) >= 11 is 0. The van der Waals surface area contributed by atoms with E-state index in [1.807, 2.05) is 0 Å². The normalized spacial score (nSPS) is 24.6. The van der Waals surface area contributed by atoms with Gasteiger partial charge in [0.25, 0.3) is 0 Å². The Morgan fingerprint density at radius 3 is 3.06 bits per heavy atom. The second-order valence-electron chi connectivity index (χ2n) is 4.23. The first kappa shape index (κ1) is 11.1. The SMILES string of the molecule is O=C(Cn1cncn1)NCC1CCC(O)C1. The smallest absolute Gasteiger partial charge is 0.241 e. The fourth-order valence-corrected chi connectivity index (χ4v) is 2.01. The molecule has 0 radical (unpaired) electrons. The van der Waals surface area contributed by atoms with Crippen LogP contribution in [-0.2, 0) is 11.3 Å². The van der Waals surface area contributed by atoms with Crippen LogP contribution in [-0.4, -0.2) is 38.4 Å². The van der Waals surface area contributed by atoms with Gasteiger partial charge in [-0.15, -0.1) is 0 Å². The zero-order valence-corrected chi connectivity index (χ0v) is 9.04. The fraction of sp³-hybridized carbons (Fsp3) is 0.700. The largest absolute Gasteiger partial charge is 0.393 e. The van der Waals surface area contributed by atoms with Crippen LogP contribution in [0.3, 0.4) is 0 Å². The van der Waals surface area contributed by atoms with E-state index in [4.69, 9.17) is 0 Å². The number of nitrogens with zero attached hydrogens (tertiary/aromatic N) is 3. The van der Waals surface area contributed by atoms with Gasteiger partial charge in [-0.2, -0.15) is 5.10 Å². The molecule has 6 heteroatoms. The zero-order valence-electron chi connectivity index (χ0n) is 9.04. The van der Waals surface area contributed by atoms with Crippen molar-refractivity contribution in [2.75, 3.05) is 6.54 Å². The van der Waals surface area contributed by atoms with Crippen molar-refractivity contribution in [1.82, 2.24) is 20.1 Å². The lowest BCUT2D eigenvalue weighted by Gasteiger charge is -2.10. The molecule has 0 spiro atoms. The minimum Gasteiger partial charge on any atom is -0.393 e. The van der Waals surface area contributed by atoms with E-state index in [9.17, 15) is 9.90 Å². The van der Waals surface area contributed by atoms with E-state index in [-0.39, 0.29) is 18.6 Å². The van der Waals surface area contributed by atoms with E-state index < -0.39 is 0 Å². The van der Waals surface area contributed by atoms with Crippen molar-refractivity contribution in [3.63, 3.8) is 0 Å². The first-order valence-electron chi connectivity index (χ1n) is 5.51. The third-order valence-corrected chi connectivity index (χ3v) is 2.87. The van der Waals surface area contributed by atoms with Crippen molar-refractivity contribution >= 4 is 5.91 Å². The fourth-order valence-electron chi connectivity index (χ4n) is 2.01. The number of aliphatic hydroxyl groups is 1. The van der Waals surface area contributed by atoms with Crippen molar-refractivity contribution in [2.24, 2.45) is 5.92 Å². The lowest BCUT2D eigenvalue weighted by atomic mass is 10.1. The number of aliphatic hydroxyl groups excluding tert-OH is 1. The number of aromatic nitrogens is 3. The summed E-state index contributed by atoms with van der Waals surface area (Å²) in [7, 11) is 0. The molecule has 1 saturated carbocycles. The number of rotatable bonds is 4. The first-order valence-corrected chi connectivity index (χ1v) is 5.51. The van der Waals surface area contributed by atoms with Gasteiger partial charge in [-0.05, 0) is 25.2 Å². The summed E-state index contributed by atoms with van der Waals surface area (Å²) in [6.07, 6.45) is 5.37. The average molecular weight is 224 g/mol. The van der Waals surface area contributed by atoms with Gasteiger partial charge in [0.15, 0.2) is 0 Å². The number of nitrogens with one attached hydrogen (secondary N) is 1. The van der Waals surface area contributed by atoms with E-state index in [1.165, 1.54) is 17.3 Å². The molecule has 16 heavy (non-hydrogen) atoms. The van der Waals surface area contributed by atoms with Gasteiger partial charge in [-0.25, -0.2) is 9.67 Å². The van der Waals surface area contributed by atoms with Gasteiger partial charge in [0.05, 0.1) is 6.10 Å². The molecule has 0 saturated heterocycles. The molecule has 1 aromatic rings. The molecule has 2 N–H and O–H groups in total. The Bertz CT molecular complexity index is 339. The molecule has 1 amide bonds. The molecule has 1 heterocycles. The maximum Gasteiger partial charge on any atom is 0.241 e. The summed E-state index contributed by atoms with van der Waals surface area (Å²) in [5, 5.41) is 16.0. The Balaban J connectivity index is 1.68. The summed E-state index contributed by atoms with van der Waals surface area (Å²) in [5.41, 5.74) is 0. The second-order valence-corrected chi connectivity index (χ2v) is 4.23. The molecular weight excluding hydrogens is 208 g/mol. The van der Waals surface area contributed by atoms with Gasteiger partial charge >= 0.3 is 0 Å². The van der Waals surface area contributed by atoms with E-state index in [1.54, 1.807) is 0 Å². The molecule has 88 valence electrons. The predicted molar refractivity (Wildman–Crippen MR) is 56.4 cm³/mol.